The molecule has 1 aromatic heterocycles. The van der Waals surface area contributed by atoms with Crippen molar-refractivity contribution in [2.45, 2.75) is 71.3 Å². The Bertz CT molecular complexity index is 439. The van der Waals surface area contributed by atoms with E-state index >= 15 is 0 Å². The zero-order valence-electron chi connectivity index (χ0n) is 15.3. The van der Waals surface area contributed by atoms with Gasteiger partial charge in [0.2, 0.25) is 5.91 Å². The smallest absolute Gasteiger partial charge is 0.220 e. The minimum absolute atomic E-state index is 0.256. The van der Waals surface area contributed by atoms with E-state index in [4.69, 9.17) is 0 Å². The van der Waals surface area contributed by atoms with E-state index < -0.39 is 0 Å². The lowest BCUT2D eigenvalue weighted by atomic mass is 9.96. The third kappa shape index (κ3) is 7.80. The Morgan fingerprint density at radius 2 is 1.96 bits per heavy atom. The first-order valence-electron chi connectivity index (χ1n) is 9.79. The predicted molar refractivity (Wildman–Crippen MR) is 103 cm³/mol. The van der Waals surface area contributed by atoms with Gasteiger partial charge in [0.25, 0.3) is 0 Å². The number of unbranched alkanes of at least 4 members (excludes halogenated alkanes) is 5. The Hall–Kier alpha value is -0.870. The fourth-order valence-electron chi connectivity index (χ4n) is 3.38. The van der Waals surface area contributed by atoms with Gasteiger partial charge in [0.15, 0.2) is 0 Å². The van der Waals surface area contributed by atoms with E-state index in [1.165, 1.54) is 49.8 Å². The molecule has 1 fully saturated rings. The van der Waals surface area contributed by atoms with Crippen molar-refractivity contribution in [3.8, 4) is 0 Å². The van der Waals surface area contributed by atoms with Crippen LogP contribution in [0.15, 0.2) is 17.5 Å². The Morgan fingerprint density at radius 1 is 1.21 bits per heavy atom. The molecule has 1 saturated heterocycles. The minimum Gasteiger partial charge on any atom is -0.356 e. The highest BCUT2D eigenvalue weighted by molar-refractivity contribution is 7.09. The first kappa shape index (κ1) is 19.5. The molecule has 0 unspecified atom stereocenters. The first-order valence-corrected chi connectivity index (χ1v) is 10.7. The van der Waals surface area contributed by atoms with Crippen molar-refractivity contribution in [1.82, 2.24) is 10.2 Å². The van der Waals surface area contributed by atoms with Gasteiger partial charge in [0, 0.05) is 24.4 Å². The van der Waals surface area contributed by atoms with Gasteiger partial charge in [-0.05, 0) is 49.7 Å². The third-order valence-corrected chi connectivity index (χ3v) is 5.87. The van der Waals surface area contributed by atoms with Crippen molar-refractivity contribution in [1.29, 1.82) is 0 Å². The van der Waals surface area contributed by atoms with Crippen molar-refractivity contribution in [3.05, 3.63) is 22.4 Å². The van der Waals surface area contributed by atoms with E-state index in [9.17, 15) is 4.79 Å². The maximum atomic E-state index is 11.9. The molecule has 2 heterocycles. The molecule has 0 saturated carbocycles. The Balaban J connectivity index is 1.48. The number of nitrogens with one attached hydrogen (secondary N) is 1. The molecule has 0 atom stereocenters. The molecule has 1 aromatic rings. The van der Waals surface area contributed by atoms with Crippen LogP contribution in [0.1, 0.15) is 69.6 Å². The number of amides is 1. The summed E-state index contributed by atoms with van der Waals surface area (Å²) in [5.74, 6) is 0.921. The summed E-state index contributed by atoms with van der Waals surface area (Å²) in [5, 5.41) is 5.31. The van der Waals surface area contributed by atoms with Crippen molar-refractivity contribution in [2.75, 3.05) is 19.6 Å². The molecule has 1 aliphatic rings. The molecule has 4 heteroatoms. The highest BCUT2D eigenvalue weighted by Gasteiger charge is 2.19. The van der Waals surface area contributed by atoms with Gasteiger partial charge in [0.1, 0.15) is 0 Å². The summed E-state index contributed by atoms with van der Waals surface area (Å²) in [6.45, 7) is 6.53. The molecule has 0 aliphatic carbocycles. The lowest BCUT2D eigenvalue weighted by molar-refractivity contribution is -0.121. The van der Waals surface area contributed by atoms with Gasteiger partial charge in [-0.2, -0.15) is 0 Å². The molecular formula is C20H34N2OS. The number of nitrogens with zero attached hydrogens (tertiary/aromatic N) is 1. The highest BCUT2D eigenvalue weighted by atomic mass is 32.1. The summed E-state index contributed by atoms with van der Waals surface area (Å²) in [7, 11) is 0. The average molecular weight is 351 g/mol. The van der Waals surface area contributed by atoms with Crippen LogP contribution in [0.2, 0.25) is 0 Å². The normalized spacial score (nSPS) is 16.4. The van der Waals surface area contributed by atoms with E-state index in [0.717, 1.165) is 32.6 Å². The van der Waals surface area contributed by atoms with Gasteiger partial charge >= 0.3 is 0 Å². The molecule has 0 spiro atoms. The standard InChI is InChI=1S/C20H34N2OS/c1-2-3-4-5-6-7-10-20(23)21-16-18-11-13-22(14-12-18)17-19-9-8-15-24-19/h8-9,15,18H,2-7,10-14,16-17H2,1H3,(H,21,23). The number of thiophene rings is 1. The summed E-state index contributed by atoms with van der Waals surface area (Å²) in [5.41, 5.74) is 0. The third-order valence-electron chi connectivity index (χ3n) is 5.01. The highest BCUT2D eigenvalue weighted by Crippen LogP contribution is 2.20. The fourth-order valence-corrected chi connectivity index (χ4v) is 4.13. The molecule has 2 rings (SSSR count). The molecule has 136 valence electrons. The topological polar surface area (TPSA) is 32.3 Å². The van der Waals surface area contributed by atoms with E-state index in [2.05, 4.69) is 34.7 Å². The second-order valence-electron chi connectivity index (χ2n) is 7.12. The number of carbonyl (C=O) groups is 1. The van der Waals surface area contributed by atoms with Crippen LogP contribution in [0.5, 0.6) is 0 Å². The van der Waals surface area contributed by atoms with Gasteiger partial charge in [-0.25, -0.2) is 0 Å². The number of likely N-dealkylation sites (tertiary alicyclic amines) is 1. The zero-order valence-corrected chi connectivity index (χ0v) is 16.1. The Labute approximate surface area is 151 Å². The molecule has 24 heavy (non-hydrogen) atoms. The molecule has 0 aromatic carbocycles. The van der Waals surface area contributed by atoms with Crippen molar-refractivity contribution < 1.29 is 4.79 Å². The minimum atomic E-state index is 0.256. The lowest BCUT2D eigenvalue weighted by Crippen LogP contribution is -2.38. The SMILES string of the molecule is CCCCCCCCC(=O)NCC1CCN(Cc2cccs2)CC1. The largest absolute Gasteiger partial charge is 0.356 e. The van der Waals surface area contributed by atoms with Crippen LogP contribution in [-0.4, -0.2) is 30.4 Å². The van der Waals surface area contributed by atoms with Gasteiger partial charge in [-0.3, -0.25) is 9.69 Å². The molecular weight excluding hydrogens is 316 g/mol. The zero-order chi connectivity index (χ0) is 17.0. The fraction of sp³-hybridized carbons (Fsp3) is 0.750. The van der Waals surface area contributed by atoms with E-state index in [1.54, 1.807) is 0 Å². The quantitative estimate of drug-likeness (QED) is 0.580. The monoisotopic (exact) mass is 350 g/mol. The van der Waals surface area contributed by atoms with Gasteiger partial charge in [-0.1, -0.05) is 45.1 Å². The maximum absolute atomic E-state index is 11.9. The number of rotatable bonds is 11. The first-order chi connectivity index (χ1) is 11.8. The number of hydrogen-bond acceptors (Lipinski definition) is 3. The summed E-state index contributed by atoms with van der Waals surface area (Å²) in [4.78, 5) is 15.9. The van der Waals surface area contributed by atoms with Gasteiger partial charge < -0.3 is 5.32 Å². The van der Waals surface area contributed by atoms with Crippen molar-refractivity contribution >= 4 is 17.2 Å². The number of piperidine rings is 1. The van der Waals surface area contributed by atoms with Crippen LogP contribution in [0.25, 0.3) is 0 Å². The Morgan fingerprint density at radius 3 is 2.67 bits per heavy atom. The van der Waals surface area contributed by atoms with Gasteiger partial charge in [-0.15, -0.1) is 11.3 Å². The van der Waals surface area contributed by atoms with Crippen LogP contribution >= 0.6 is 11.3 Å². The van der Waals surface area contributed by atoms with Crippen LogP contribution in [-0.2, 0) is 11.3 Å². The molecule has 1 amide bonds. The van der Waals surface area contributed by atoms with E-state index in [1.807, 2.05) is 11.3 Å². The van der Waals surface area contributed by atoms with E-state index in [0.29, 0.717) is 12.3 Å². The average Bonchev–Trinajstić information content (AvgIpc) is 3.10. The van der Waals surface area contributed by atoms with Crippen molar-refractivity contribution in [3.63, 3.8) is 0 Å². The lowest BCUT2D eigenvalue weighted by Gasteiger charge is -2.31. The predicted octanol–water partition coefficient (Wildman–Crippen LogP) is 4.83. The summed E-state index contributed by atoms with van der Waals surface area (Å²) < 4.78 is 0. The molecule has 0 radical (unpaired) electrons. The van der Waals surface area contributed by atoms with Crippen LogP contribution in [0, 0.1) is 5.92 Å². The number of hydrogen-bond donors (Lipinski definition) is 1. The number of carbonyl (C=O) groups excluding carboxylic acids is 1. The second kappa shape index (κ2) is 11.6. The summed E-state index contributed by atoms with van der Waals surface area (Å²) in [6, 6.07) is 4.35. The Kier molecular flexibility index (Phi) is 9.44. The van der Waals surface area contributed by atoms with Crippen LogP contribution < -0.4 is 5.32 Å². The molecule has 0 bridgehead atoms. The van der Waals surface area contributed by atoms with E-state index in [-0.39, 0.29) is 5.91 Å². The molecule has 3 nitrogen and oxygen atoms in total. The maximum Gasteiger partial charge on any atom is 0.220 e. The summed E-state index contributed by atoms with van der Waals surface area (Å²) >= 11 is 1.85. The van der Waals surface area contributed by atoms with Gasteiger partial charge in [0.05, 0.1) is 0 Å². The van der Waals surface area contributed by atoms with Crippen LogP contribution in [0.3, 0.4) is 0 Å². The summed E-state index contributed by atoms with van der Waals surface area (Å²) in [6.07, 6.45) is 10.6. The molecule has 1 N–H and O–H groups in total. The van der Waals surface area contributed by atoms with Crippen LogP contribution in [0.4, 0.5) is 0 Å². The second-order valence-corrected chi connectivity index (χ2v) is 8.15. The van der Waals surface area contributed by atoms with Crippen molar-refractivity contribution in [2.24, 2.45) is 5.92 Å². The molecule has 1 aliphatic heterocycles.